The van der Waals surface area contributed by atoms with Crippen molar-refractivity contribution < 1.29 is 9.21 Å². The smallest absolute Gasteiger partial charge is 0.271 e. The van der Waals surface area contributed by atoms with Crippen LogP contribution in [0.3, 0.4) is 0 Å². The number of furan rings is 1. The molecule has 0 aliphatic heterocycles. The van der Waals surface area contributed by atoms with E-state index in [1.807, 2.05) is 12.1 Å². The fourth-order valence-electron chi connectivity index (χ4n) is 1.78. The highest BCUT2D eigenvalue weighted by atomic mass is 16.3. The van der Waals surface area contributed by atoms with E-state index in [2.05, 4.69) is 10.4 Å². The maximum atomic E-state index is 11.9. The molecule has 2 aromatic rings. The molecular formula is C12H16N4O2. The summed E-state index contributed by atoms with van der Waals surface area (Å²) in [6.07, 6.45) is 2.26. The number of nitrogens with zero attached hydrogens (tertiary/aromatic N) is 2. The molecule has 96 valence electrons. The van der Waals surface area contributed by atoms with E-state index in [1.165, 1.54) is 4.68 Å². The van der Waals surface area contributed by atoms with Gasteiger partial charge in [-0.2, -0.15) is 5.10 Å². The van der Waals surface area contributed by atoms with Crippen LogP contribution in [0.2, 0.25) is 0 Å². The number of anilines is 1. The number of carbonyl (C=O) groups excluding carboxylic acids is 1. The molecule has 6 heteroatoms. The second-order valence-electron chi connectivity index (χ2n) is 4.06. The molecule has 2 heterocycles. The van der Waals surface area contributed by atoms with Crippen LogP contribution in [0.1, 0.15) is 21.9 Å². The molecule has 18 heavy (non-hydrogen) atoms. The molecule has 0 saturated heterocycles. The lowest BCUT2D eigenvalue weighted by Gasteiger charge is -2.05. The first-order valence-electron chi connectivity index (χ1n) is 5.69. The lowest BCUT2D eigenvalue weighted by Crippen LogP contribution is -2.28. The molecule has 0 fully saturated rings. The summed E-state index contributed by atoms with van der Waals surface area (Å²) >= 11 is 0. The van der Waals surface area contributed by atoms with Crippen LogP contribution >= 0.6 is 0 Å². The minimum atomic E-state index is -0.220. The van der Waals surface area contributed by atoms with Gasteiger partial charge in [0.15, 0.2) is 0 Å². The first-order valence-corrected chi connectivity index (χ1v) is 5.69. The number of hydrogen-bond donors (Lipinski definition) is 2. The SMILES string of the molecule is Cc1nn(C)c(C(=O)NCCc2ccco2)c1N. The predicted octanol–water partition coefficient (Wildman–Crippen LogP) is 0.876. The molecule has 0 aromatic carbocycles. The molecule has 0 saturated carbocycles. The second-order valence-corrected chi connectivity index (χ2v) is 4.06. The fourth-order valence-corrected chi connectivity index (χ4v) is 1.78. The molecule has 0 unspecified atom stereocenters. The quantitative estimate of drug-likeness (QED) is 0.840. The Hall–Kier alpha value is -2.24. The maximum absolute atomic E-state index is 11.9. The van der Waals surface area contributed by atoms with Gasteiger partial charge < -0.3 is 15.5 Å². The number of nitrogens with two attached hydrogens (primary N) is 1. The Morgan fingerprint density at radius 1 is 1.61 bits per heavy atom. The Labute approximate surface area is 105 Å². The lowest BCUT2D eigenvalue weighted by molar-refractivity contribution is 0.0945. The average Bonchev–Trinajstić information content (AvgIpc) is 2.89. The molecule has 0 radical (unpaired) electrons. The van der Waals surface area contributed by atoms with Gasteiger partial charge in [-0.15, -0.1) is 0 Å². The number of nitrogen functional groups attached to an aromatic ring is 1. The number of hydrogen-bond acceptors (Lipinski definition) is 4. The van der Waals surface area contributed by atoms with Gasteiger partial charge >= 0.3 is 0 Å². The first kappa shape index (κ1) is 12.2. The summed E-state index contributed by atoms with van der Waals surface area (Å²) in [6, 6.07) is 3.69. The average molecular weight is 248 g/mol. The number of aryl methyl sites for hydroxylation is 2. The normalized spacial score (nSPS) is 10.6. The van der Waals surface area contributed by atoms with Crippen molar-refractivity contribution in [2.24, 2.45) is 7.05 Å². The zero-order valence-electron chi connectivity index (χ0n) is 10.4. The predicted molar refractivity (Wildman–Crippen MR) is 67.1 cm³/mol. The third-order valence-corrected chi connectivity index (χ3v) is 2.72. The van der Waals surface area contributed by atoms with E-state index < -0.39 is 0 Å². The second kappa shape index (κ2) is 4.95. The molecule has 0 spiro atoms. The summed E-state index contributed by atoms with van der Waals surface area (Å²) in [7, 11) is 1.70. The van der Waals surface area contributed by atoms with Gasteiger partial charge in [-0.25, -0.2) is 0 Å². The van der Waals surface area contributed by atoms with Crippen molar-refractivity contribution >= 4 is 11.6 Å². The van der Waals surface area contributed by atoms with Crippen molar-refractivity contribution in [1.29, 1.82) is 0 Å². The van der Waals surface area contributed by atoms with Crippen molar-refractivity contribution in [1.82, 2.24) is 15.1 Å². The van der Waals surface area contributed by atoms with E-state index in [-0.39, 0.29) is 5.91 Å². The van der Waals surface area contributed by atoms with Crippen LogP contribution < -0.4 is 11.1 Å². The first-order chi connectivity index (χ1) is 8.59. The Balaban J connectivity index is 1.95. The highest BCUT2D eigenvalue weighted by molar-refractivity contribution is 5.97. The molecule has 0 bridgehead atoms. The van der Waals surface area contributed by atoms with E-state index in [4.69, 9.17) is 10.2 Å². The van der Waals surface area contributed by atoms with Crippen molar-refractivity contribution in [3.05, 3.63) is 35.5 Å². The minimum absolute atomic E-state index is 0.220. The van der Waals surface area contributed by atoms with Crippen LogP contribution in [0, 0.1) is 6.92 Å². The van der Waals surface area contributed by atoms with Crippen LogP contribution in [0.25, 0.3) is 0 Å². The van der Waals surface area contributed by atoms with Gasteiger partial charge in [-0.05, 0) is 19.1 Å². The molecule has 0 aliphatic carbocycles. The van der Waals surface area contributed by atoms with Crippen molar-refractivity contribution in [3.63, 3.8) is 0 Å². The van der Waals surface area contributed by atoms with Crippen LogP contribution in [0.5, 0.6) is 0 Å². The van der Waals surface area contributed by atoms with Crippen molar-refractivity contribution in [2.75, 3.05) is 12.3 Å². The van der Waals surface area contributed by atoms with Gasteiger partial charge in [0.05, 0.1) is 17.6 Å². The van der Waals surface area contributed by atoms with Gasteiger partial charge in [-0.3, -0.25) is 9.48 Å². The largest absolute Gasteiger partial charge is 0.469 e. The lowest BCUT2D eigenvalue weighted by atomic mass is 10.2. The third kappa shape index (κ3) is 2.37. The van der Waals surface area contributed by atoms with E-state index in [0.29, 0.717) is 30.0 Å². The summed E-state index contributed by atoms with van der Waals surface area (Å²) in [4.78, 5) is 11.9. The highest BCUT2D eigenvalue weighted by Gasteiger charge is 2.17. The minimum Gasteiger partial charge on any atom is -0.469 e. The summed E-state index contributed by atoms with van der Waals surface area (Å²) in [5, 5.41) is 6.89. The molecule has 6 nitrogen and oxygen atoms in total. The number of aromatic nitrogens is 2. The van der Waals surface area contributed by atoms with Gasteiger partial charge in [0.1, 0.15) is 11.5 Å². The molecule has 3 N–H and O–H groups in total. The molecule has 0 aliphatic rings. The highest BCUT2D eigenvalue weighted by Crippen LogP contribution is 2.14. The molecule has 0 atom stereocenters. The Morgan fingerprint density at radius 2 is 2.39 bits per heavy atom. The number of carbonyl (C=O) groups is 1. The third-order valence-electron chi connectivity index (χ3n) is 2.72. The van der Waals surface area contributed by atoms with E-state index in [9.17, 15) is 4.79 Å². The van der Waals surface area contributed by atoms with Crippen LogP contribution in [0.15, 0.2) is 22.8 Å². The van der Waals surface area contributed by atoms with E-state index >= 15 is 0 Å². The summed E-state index contributed by atoms with van der Waals surface area (Å²) < 4.78 is 6.67. The molecular weight excluding hydrogens is 232 g/mol. The van der Waals surface area contributed by atoms with Crippen LogP contribution in [-0.4, -0.2) is 22.2 Å². The van der Waals surface area contributed by atoms with Crippen LogP contribution in [-0.2, 0) is 13.5 Å². The van der Waals surface area contributed by atoms with Crippen molar-refractivity contribution in [3.8, 4) is 0 Å². The zero-order valence-corrected chi connectivity index (χ0v) is 10.4. The summed E-state index contributed by atoms with van der Waals surface area (Å²) in [5.41, 5.74) is 7.29. The van der Waals surface area contributed by atoms with E-state index in [0.717, 1.165) is 5.76 Å². The van der Waals surface area contributed by atoms with Gasteiger partial charge in [0.25, 0.3) is 5.91 Å². The monoisotopic (exact) mass is 248 g/mol. The topological polar surface area (TPSA) is 86.1 Å². The number of amides is 1. The maximum Gasteiger partial charge on any atom is 0.271 e. The Bertz CT molecular complexity index is 543. The molecule has 2 rings (SSSR count). The van der Waals surface area contributed by atoms with Gasteiger partial charge in [0, 0.05) is 20.0 Å². The molecule has 2 aromatic heterocycles. The van der Waals surface area contributed by atoms with Crippen LogP contribution in [0.4, 0.5) is 5.69 Å². The van der Waals surface area contributed by atoms with Gasteiger partial charge in [0.2, 0.25) is 0 Å². The molecule has 1 amide bonds. The summed E-state index contributed by atoms with van der Waals surface area (Å²) in [6.45, 7) is 2.27. The fraction of sp³-hybridized carbons (Fsp3) is 0.333. The Kier molecular flexibility index (Phi) is 3.36. The number of rotatable bonds is 4. The van der Waals surface area contributed by atoms with Crippen molar-refractivity contribution in [2.45, 2.75) is 13.3 Å². The standard InChI is InChI=1S/C12H16N4O2/c1-8-10(13)11(16(2)15-8)12(17)14-6-5-9-4-3-7-18-9/h3-4,7H,5-6,13H2,1-2H3,(H,14,17). The number of nitrogens with one attached hydrogen (secondary N) is 1. The summed E-state index contributed by atoms with van der Waals surface area (Å²) in [5.74, 6) is 0.617. The zero-order chi connectivity index (χ0) is 13.1. The van der Waals surface area contributed by atoms with E-state index in [1.54, 1.807) is 20.2 Å². The van der Waals surface area contributed by atoms with Gasteiger partial charge in [-0.1, -0.05) is 0 Å². The Morgan fingerprint density at radius 3 is 2.94 bits per heavy atom.